The molecule has 0 rings (SSSR count). The molecule has 0 N–H and O–H groups in total. The molecule has 2 atom stereocenters. The lowest BCUT2D eigenvalue weighted by molar-refractivity contribution is -0.165. The van der Waals surface area contributed by atoms with E-state index in [9.17, 15) is 14.9 Å². The van der Waals surface area contributed by atoms with Crippen molar-refractivity contribution in [3.63, 3.8) is 0 Å². The van der Waals surface area contributed by atoms with Crippen LogP contribution in [0, 0.1) is 22.7 Å². The Morgan fingerprint density at radius 2 is 1.85 bits per heavy atom. The van der Waals surface area contributed by atoms with Gasteiger partial charge in [-0.1, -0.05) is 12.2 Å². The van der Waals surface area contributed by atoms with Crippen LogP contribution in [0.4, 0.5) is 0 Å². The molecule has 5 heteroatoms. The third-order valence-electron chi connectivity index (χ3n) is 2.87. The van der Waals surface area contributed by atoms with E-state index < -0.39 is 23.3 Å². The Morgan fingerprint density at radius 1 is 1.25 bits per heavy atom. The van der Waals surface area contributed by atoms with Crippen LogP contribution in [-0.2, 0) is 19.1 Å². The number of rotatable bonds is 9. The summed E-state index contributed by atoms with van der Waals surface area (Å²) in [6, 6.07) is 1.93. The molecule has 0 fully saturated rings. The van der Waals surface area contributed by atoms with Crippen LogP contribution in [-0.4, -0.2) is 25.2 Å². The van der Waals surface area contributed by atoms with Gasteiger partial charge in [-0.2, -0.15) is 5.26 Å². The highest BCUT2D eigenvalue weighted by molar-refractivity contribution is 5.88. The van der Waals surface area contributed by atoms with Crippen LogP contribution in [0.2, 0.25) is 0 Å². The highest BCUT2D eigenvalue weighted by atomic mass is 16.5. The second-order valence-electron chi connectivity index (χ2n) is 4.13. The molecular formula is C15H21NO4. The monoisotopic (exact) mass is 279 g/mol. The zero-order valence-corrected chi connectivity index (χ0v) is 12.1. The molecule has 0 bridgehead atoms. The van der Waals surface area contributed by atoms with Gasteiger partial charge < -0.3 is 9.47 Å². The molecule has 0 radical (unpaired) electrons. The Labute approximate surface area is 119 Å². The van der Waals surface area contributed by atoms with Crippen molar-refractivity contribution in [3.05, 3.63) is 25.3 Å². The summed E-state index contributed by atoms with van der Waals surface area (Å²) in [4.78, 5) is 24.2. The van der Waals surface area contributed by atoms with Gasteiger partial charge in [0.15, 0.2) is 5.41 Å². The van der Waals surface area contributed by atoms with Crippen molar-refractivity contribution in [2.75, 3.05) is 13.2 Å². The van der Waals surface area contributed by atoms with Crippen LogP contribution in [0.15, 0.2) is 25.3 Å². The van der Waals surface area contributed by atoms with E-state index in [1.165, 1.54) is 12.2 Å². The van der Waals surface area contributed by atoms with Gasteiger partial charge in [0.05, 0.1) is 25.2 Å². The lowest BCUT2D eigenvalue weighted by Crippen LogP contribution is -2.43. The second kappa shape index (κ2) is 8.92. The number of esters is 2. The van der Waals surface area contributed by atoms with E-state index >= 15 is 0 Å². The zero-order valence-electron chi connectivity index (χ0n) is 12.1. The fourth-order valence-electron chi connectivity index (χ4n) is 1.93. The molecule has 0 amide bonds. The van der Waals surface area contributed by atoms with Gasteiger partial charge in [0.1, 0.15) is 0 Å². The maximum atomic E-state index is 12.2. The Balaban J connectivity index is 5.68. The average Bonchev–Trinajstić information content (AvgIpc) is 2.43. The second-order valence-corrected chi connectivity index (χ2v) is 4.13. The van der Waals surface area contributed by atoms with Gasteiger partial charge in [-0.15, -0.1) is 13.2 Å². The molecule has 0 aromatic rings. The molecule has 2 unspecified atom stereocenters. The Kier molecular flexibility index (Phi) is 7.98. The molecule has 0 spiro atoms. The smallest absolute Gasteiger partial charge is 0.327 e. The molecule has 0 aromatic carbocycles. The third-order valence-corrected chi connectivity index (χ3v) is 2.87. The van der Waals surface area contributed by atoms with Crippen molar-refractivity contribution in [3.8, 4) is 6.07 Å². The molecule has 0 aliphatic rings. The fraction of sp³-hybridized carbons (Fsp3) is 0.533. The first-order valence-corrected chi connectivity index (χ1v) is 6.50. The van der Waals surface area contributed by atoms with Gasteiger partial charge in [0.2, 0.25) is 0 Å². The van der Waals surface area contributed by atoms with Crippen LogP contribution < -0.4 is 0 Å². The molecule has 110 valence electrons. The highest BCUT2D eigenvalue weighted by Gasteiger charge is 2.50. The molecule has 0 saturated heterocycles. The van der Waals surface area contributed by atoms with Gasteiger partial charge in [-0.05, 0) is 26.7 Å². The van der Waals surface area contributed by atoms with Crippen molar-refractivity contribution in [2.45, 2.75) is 26.7 Å². The molecule has 0 aromatic heterocycles. The van der Waals surface area contributed by atoms with Gasteiger partial charge in [-0.3, -0.25) is 9.59 Å². The van der Waals surface area contributed by atoms with Crippen LogP contribution >= 0.6 is 0 Å². The predicted octanol–water partition coefficient (Wildman–Crippen LogP) is 2.39. The number of hydrogen-bond acceptors (Lipinski definition) is 5. The summed E-state index contributed by atoms with van der Waals surface area (Å²) in [6.07, 6.45) is 3.07. The third kappa shape index (κ3) is 3.95. The van der Waals surface area contributed by atoms with Crippen molar-refractivity contribution >= 4 is 11.9 Å². The summed E-state index contributed by atoms with van der Waals surface area (Å²) in [5.74, 6) is -2.30. The Morgan fingerprint density at radius 3 is 2.25 bits per heavy atom. The molecule has 0 heterocycles. The van der Waals surface area contributed by atoms with Crippen LogP contribution in [0.25, 0.3) is 0 Å². The summed E-state index contributed by atoms with van der Waals surface area (Å²) in [5, 5.41) is 9.48. The molecule has 20 heavy (non-hydrogen) atoms. The number of hydrogen-bond donors (Lipinski definition) is 0. The fourth-order valence-corrected chi connectivity index (χ4v) is 1.93. The normalized spacial score (nSPS) is 14.2. The van der Waals surface area contributed by atoms with E-state index in [1.807, 2.05) is 6.07 Å². The Hall–Kier alpha value is -2.09. The van der Waals surface area contributed by atoms with Crippen molar-refractivity contribution in [2.24, 2.45) is 11.3 Å². The topological polar surface area (TPSA) is 76.4 Å². The number of allylic oxidation sites excluding steroid dienone is 2. The average molecular weight is 279 g/mol. The molecule has 0 saturated carbocycles. The van der Waals surface area contributed by atoms with Gasteiger partial charge in [-0.25, -0.2) is 0 Å². The van der Waals surface area contributed by atoms with Crippen LogP contribution in [0.5, 0.6) is 0 Å². The molecule has 0 aliphatic carbocycles. The number of carbonyl (C=O) groups excluding carboxylic acids is 2. The molecule has 0 aliphatic heterocycles. The summed E-state index contributed by atoms with van der Waals surface area (Å²) in [6.45, 7) is 10.7. The van der Waals surface area contributed by atoms with Gasteiger partial charge in [0, 0.05) is 0 Å². The summed E-state index contributed by atoms with van der Waals surface area (Å²) in [5.41, 5.74) is -1.63. The molecule has 5 nitrogen and oxygen atoms in total. The van der Waals surface area contributed by atoms with Crippen LogP contribution in [0.1, 0.15) is 26.7 Å². The highest BCUT2D eigenvalue weighted by Crippen LogP contribution is 2.37. The lowest BCUT2D eigenvalue weighted by atomic mass is 9.72. The van der Waals surface area contributed by atoms with E-state index in [0.717, 1.165) is 0 Å². The first kappa shape index (κ1) is 17.9. The van der Waals surface area contributed by atoms with E-state index in [4.69, 9.17) is 9.47 Å². The summed E-state index contributed by atoms with van der Waals surface area (Å²) in [7, 11) is 0. The van der Waals surface area contributed by atoms with Crippen molar-refractivity contribution in [1.82, 2.24) is 0 Å². The quantitative estimate of drug-likeness (QED) is 0.478. The zero-order chi connectivity index (χ0) is 15.6. The first-order chi connectivity index (χ1) is 9.53. The van der Waals surface area contributed by atoms with Crippen LogP contribution in [0.3, 0.4) is 0 Å². The minimum absolute atomic E-state index is 0.0135. The largest absolute Gasteiger partial charge is 0.466 e. The van der Waals surface area contributed by atoms with E-state index in [1.54, 1.807) is 13.8 Å². The maximum Gasteiger partial charge on any atom is 0.327 e. The van der Waals surface area contributed by atoms with E-state index in [-0.39, 0.29) is 26.1 Å². The Bertz CT molecular complexity index is 411. The predicted molar refractivity (Wildman–Crippen MR) is 74.4 cm³/mol. The van der Waals surface area contributed by atoms with Gasteiger partial charge in [0.25, 0.3) is 0 Å². The first-order valence-electron chi connectivity index (χ1n) is 6.50. The van der Waals surface area contributed by atoms with E-state index in [2.05, 4.69) is 13.2 Å². The minimum Gasteiger partial charge on any atom is -0.466 e. The summed E-state index contributed by atoms with van der Waals surface area (Å²) >= 11 is 0. The maximum absolute atomic E-state index is 12.2. The van der Waals surface area contributed by atoms with Crippen molar-refractivity contribution in [1.29, 1.82) is 5.26 Å². The van der Waals surface area contributed by atoms with Gasteiger partial charge >= 0.3 is 11.9 Å². The standard InChI is InChI=1S/C15H21NO4/c1-5-9-12(13(17)19-7-3)15(11-16,10-6-2)14(18)20-8-4/h5-6,12H,1-2,7-10H2,3-4H3. The number of ether oxygens (including phenoxy) is 2. The SMILES string of the molecule is C=CCC(C(=O)OCC)C(C#N)(CC=C)C(=O)OCC. The lowest BCUT2D eigenvalue weighted by Gasteiger charge is -2.29. The minimum atomic E-state index is -1.63. The number of nitrogens with zero attached hydrogens (tertiary/aromatic N) is 1. The molecular weight excluding hydrogens is 258 g/mol. The van der Waals surface area contributed by atoms with Crippen molar-refractivity contribution < 1.29 is 19.1 Å². The summed E-state index contributed by atoms with van der Waals surface area (Å²) < 4.78 is 9.91. The number of carbonyl (C=O) groups is 2. The number of nitriles is 1. The van der Waals surface area contributed by atoms with E-state index in [0.29, 0.717) is 0 Å².